The zero-order valence-corrected chi connectivity index (χ0v) is 16.8. The summed E-state index contributed by atoms with van der Waals surface area (Å²) in [5.41, 5.74) is 0.513. The number of rotatable bonds is 7. The molecule has 1 aromatic carbocycles. The second kappa shape index (κ2) is 8.62. The van der Waals surface area contributed by atoms with E-state index in [0.717, 1.165) is 17.7 Å². The molecule has 1 aromatic rings. The summed E-state index contributed by atoms with van der Waals surface area (Å²) in [6.45, 7) is 3.06. The molecule has 27 heavy (non-hydrogen) atoms. The summed E-state index contributed by atoms with van der Waals surface area (Å²) in [6.07, 6.45) is 2.53. The smallest absolute Gasteiger partial charge is 0.237 e. The summed E-state index contributed by atoms with van der Waals surface area (Å²) in [6, 6.07) is 4.73. The molecule has 1 fully saturated rings. The molecule has 0 spiro atoms. The van der Waals surface area contributed by atoms with Crippen LogP contribution in [0.3, 0.4) is 0 Å². The molecule has 2 aliphatic rings. The maximum atomic E-state index is 12.6. The van der Waals surface area contributed by atoms with Gasteiger partial charge >= 0.3 is 0 Å². The Labute approximate surface area is 163 Å². The third kappa shape index (κ3) is 5.03. The van der Waals surface area contributed by atoms with E-state index in [-0.39, 0.29) is 40.2 Å². The van der Waals surface area contributed by atoms with Crippen LogP contribution in [-0.2, 0) is 24.2 Å². The first kappa shape index (κ1) is 20.2. The lowest BCUT2D eigenvalue weighted by atomic mass is 10.2. The van der Waals surface area contributed by atoms with E-state index >= 15 is 0 Å². The summed E-state index contributed by atoms with van der Waals surface area (Å²) < 4.78 is 30.5. The van der Waals surface area contributed by atoms with E-state index in [4.69, 9.17) is 4.74 Å². The summed E-state index contributed by atoms with van der Waals surface area (Å²) in [7, 11) is -3.62. The molecule has 2 amide bonds. The van der Waals surface area contributed by atoms with Gasteiger partial charge in [0.15, 0.2) is 9.84 Å². The van der Waals surface area contributed by atoms with Crippen LogP contribution in [-0.4, -0.2) is 50.5 Å². The average Bonchev–Trinajstić information content (AvgIpc) is 3.17. The van der Waals surface area contributed by atoms with Gasteiger partial charge in [-0.25, -0.2) is 8.42 Å². The minimum absolute atomic E-state index is 0.0271. The summed E-state index contributed by atoms with van der Waals surface area (Å²) in [4.78, 5) is 24.9. The maximum absolute atomic E-state index is 12.6. The number of carbonyl (C=O) groups is 2. The number of carbonyl (C=O) groups excluding carboxylic acids is 2. The summed E-state index contributed by atoms with van der Waals surface area (Å²) >= 11 is 1.44. The van der Waals surface area contributed by atoms with Gasteiger partial charge in [-0.3, -0.25) is 9.59 Å². The van der Waals surface area contributed by atoms with Gasteiger partial charge in [0.1, 0.15) is 0 Å². The fourth-order valence-electron chi connectivity index (χ4n) is 3.06. The van der Waals surface area contributed by atoms with Crippen molar-refractivity contribution in [2.24, 2.45) is 0 Å². The highest BCUT2D eigenvalue weighted by molar-refractivity contribution is 8.01. The van der Waals surface area contributed by atoms with Gasteiger partial charge in [0.05, 0.1) is 27.7 Å². The zero-order chi connectivity index (χ0) is 19.4. The van der Waals surface area contributed by atoms with Gasteiger partial charge in [-0.2, -0.15) is 0 Å². The number of amides is 2. The molecular weight excluding hydrogens is 388 g/mol. The highest BCUT2D eigenvalue weighted by atomic mass is 32.2. The zero-order valence-electron chi connectivity index (χ0n) is 15.2. The van der Waals surface area contributed by atoms with Gasteiger partial charge in [0, 0.05) is 24.5 Å². The van der Waals surface area contributed by atoms with Crippen LogP contribution in [0.1, 0.15) is 32.6 Å². The summed E-state index contributed by atoms with van der Waals surface area (Å²) in [5.74, 6) is -0.693. The van der Waals surface area contributed by atoms with E-state index in [1.807, 2.05) is 6.92 Å². The Morgan fingerprint density at radius 1 is 1.41 bits per heavy atom. The van der Waals surface area contributed by atoms with Gasteiger partial charge in [0.25, 0.3) is 0 Å². The molecule has 1 saturated heterocycles. The van der Waals surface area contributed by atoms with E-state index in [9.17, 15) is 18.0 Å². The monoisotopic (exact) mass is 412 g/mol. The van der Waals surface area contributed by atoms with Crippen LogP contribution < -0.4 is 10.6 Å². The van der Waals surface area contributed by atoms with Crippen molar-refractivity contribution >= 4 is 39.1 Å². The van der Waals surface area contributed by atoms with Crippen molar-refractivity contribution in [1.29, 1.82) is 0 Å². The van der Waals surface area contributed by atoms with Gasteiger partial charge in [-0.15, -0.1) is 11.8 Å². The molecule has 7 nitrogen and oxygen atoms in total. The third-order valence-electron chi connectivity index (χ3n) is 4.65. The van der Waals surface area contributed by atoms with Crippen molar-refractivity contribution in [2.75, 3.05) is 24.2 Å². The van der Waals surface area contributed by atoms with Gasteiger partial charge < -0.3 is 15.4 Å². The molecule has 0 radical (unpaired) electrons. The number of hydrogen-bond donors (Lipinski definition) is 2. The molecule has 0 bridgehead atoms. The molecule has 148 valence electrons. The second-order valence-corrected chi connectivity index (χ2v) is 10.0. The Balaban J connectivity index is 1.59. The number of benzene rings is 1. The number of ether oxygens (including phenoxy) is 1. The van der Waals surface area contributed by atoms with Crippen molar-refractivity contribution in [1.82, 2.24) is 5.32 Å². The van der Waals surface area contributed by atoms with E-state index in [0.29, 0.717) is 25.3 Å². The topological polar surface area (TPSA) is 102 Å². The van der Waals surface area contributed by atoms with Gasteiger partial charge in [-0.05, 0) is 37.5 Å². The Hall–Kier alpha value is -1.58. The number of hydrogen-bond acceptors (Lipinski definition) is 6. The first-order valence-electron chi connectivity index (χ1n) is 9.11. The SMILES string of the molecule is CC[C@@H]1Sc2ccc(S(=O)(=O)CCC(=O)NC[C@H]3CCCO3)cc2NC1=O. The molecule has 3 rings (SSSR count). The van der Waals surface area contributed by atoms with E-state index in [1.165, 1.54) is 23.9 Å². The maximum Gasteiger partial charge on any atom is 0.237 e. The predicted molar refractivity (Wildman–Crippen MR) is 104 cm³/mol. The fraction of sp³-hybridized carbons (Fsp3) is 0.556. The van der Waals surface area contributed by atoms with Crippen molar-refractivity contribution in [2.45, 2.75) is 53.8 Å². The second-order valence-electron chi connectivity index (χ2n) is 6.67. The normalized spacial score (nSPS) is 22.2. The Kier molecular flexibility index (Phi) is 6.44. The van der Waals surface area contributed by atoms with Crippen molar-refractivity contribution in [3.05, 3.63) is 18.2 Å². The molecule has 2 heterocycles. The van der Waals surface area contributed by atoms with Crippen LogP contribution in [0.5, 0.6) is 0 Å². The number of sulfone groups is 1. The minimum Gasteiger partial charge on any atom is -0.376 e. The standard InChI is InChI=1S/C18H24N2O5S2/c1-2-15-18(22)20-14-10-13(5-6-16(14)26-15)27(23,24)9-7-17(21)19-11-12-4-3-8-25-12/h5-6,10,12,15H,2-4,7-9,11H2,1H3,(H,19,21)(H,20,22)/t12-,15+/m1/s1. The Morgan fingerprint density at radius 3 is 2.93 bits per heavy atom. The summed E-state index contributed by atoms with van der Waals surface area (Å²) in [5, 5.41) is 5.34. The van der Waals surface area contributed by atoms with Crippen LogP contribution in [0.25, 0.3) is 0 Å². The first-order valence-corrected chi connectivity index (χ1v) is 11.6. The molecule has 0 saturated carbocycles. The molecule has 0 aliphatic carbocycles. The van der Waals surface area contributed by atoms with Crippen LogP contribution in [0.2, 0.25) is 0 Å². The molecule has 0 unspecified atom stereocenters. The highest BCUT2D eigenvalue weighted by Gasteiger charge is 2.27. The fourth-order valence-corrected chi connectivity index (χ4v) is 5.34. The van der Waals surface area contributed by atoms with Gasteiger partial charge in [-0.1, -0.05) is 6.92 Å². The highest BCUT2D eigenvalue weighted by Crippen LogP contribution is 2.38. The molecule has 2 N–H and O–H groups in total. The van der Waals surface area contributed by atoms with E-state index in [2.05, 4.69) is 10.6 Å². The Bertz CT molecular complexity index is 819. The van der Waals surface area contributed by atoms with E-state index in [1.54, 1.807) is 6.07 Å². The molecule has 2 atom stereocenters. The van der Waals surface area contributed by atoms with Crippen LogP contribution in [0.15, 0.2) is 28.0 Å². The predicted octanol–water partition coefficient (Wildman–Crippen LogP) is 1.97. The van der Waals surface area contributed by atoms with Crippen molar-refractivity contribution in [3.8, 4) is 0 Å². The number of fused-ring (bicyclic) bond motifs is 1. The largest absolute Gasteiger partial charge is 0.376 e. The lowest BCUT2D eigenvalue weighted by Gasteiger charge is -2.23. The molecule has 2 aliphatic heterocycles. The lowest BCUT2D eigenvalue weighted by Crippen LogP contribution is -2.32. The molecule has 9 heteroatoms. The lowest BCUT2D eigenvalue weighted by molar-refractivity contribution is -0.121. The van der Waals surface area contributed by atoms with Crippen molar-refractivity contribution < 1.29 is 22.7 Å². The number of nitrogens with one attached hydrogen (secondary N) is 2. The van der Waals surface area contributed by atoms with Gasteiger partial charge in [0.2, 0.25) is 11.8 Å². The van der Waals surface area contributed by atoms with Crippen LogP contribution in [0, 0.1) is 0 Å². The quantitative estimate of drug-likeness (QED) is 0.710. The molecular formula is C18H24N2O5S2. The minimum atomic E-state index is -3.62. The first-order chi connectivity index (χ1) is 12.9. The Morgan fingerprint density at radius 2 is 2.22 bits per heavy atom. The van der Waals surface area contributed by atoms with Crippen LogP contribution in [0.4, 0.5) is 5.69 Å². The third-order valence-corrected chi connectivity index (χ3v) is 7.80. The number of anilines is 1. The number of thioether (sulfide) groups is 1. The van der Waals surface area contributed by atoms with Crippen molar-refractivity contribution in [3.63, 3.8) is 0 Å². The van der Waals surface area contributed by atoms with E-state index < -0.39 is 9.84 Å². The van der Waals surface area contributed by atoms with Crippen LogP contribution >= 0.6 is 11.8 Å². The average molecular weight is 413 g/mol. The molecule has 0 aromatic heterocycles.